The van der Waals surface area contributed by atoms with E-state index in [0.29, 0.717) is 23.1 Å². The molecular weight excluding hydrogens is 527 g/mol. The van der Waals surface area contributed by atoms with Crippen LogP contribution in [-0.4, -0.2) is 73.9 Å². The van der Waals surface area contributed by atoms with Gasteiger partial charge in [-0.1, -0.05) is 47.5 Å². The van der Waals surface area contributed by atoms with E-state index in [-0.39, 0.29) is 17.6 Å². The summed E-state index contributed by atoms with van der Waals surface area (Å²) in [6.45, 7) is 5.82. The number of anilines is 1. The minimum atomic E-state index is -0.479. The number of benzene rings is 3. The smallest absolute Gasteiger partial charge is 0.123 e. The lowest BCUT2D eigenvalue weighted by atomic mass is 9.87. The van der Waals surface area contributed by atoms with Crippen molar-refractivity contribution in [2.75, 3.05) is 57.8 Å². The van der Waals surface area contributed by atoms with Crippen molar-refractivity contribution in [1.82, 2.24) is 9.80 Å². The largest absolute Gasteiger partial charge is 0.390 e. The highest BCUT2D eigenvalue weighted by Gasteiger charge is 2.21. The van der Waals surface area contributed by atoms with Gasteiger partial charge in [0, 0.05) is 57.9 Å². The summed E-state index contributed by atoms with van der Waals surface area (Å²) in [6.07, 6.45) is 1.40. The van der Waals surface area contributed by atoms with Crippen LogP contribution in [0.1, 0.15) is 29.9 Å². The molecule has 4 rings (SSSR count). The maximum Gasteiger partial charge on any atom is 0.123 e. The molecule has 3 aromatic rings. The SMILES string of the molecule is CN(CC(O)CN1CCN(CCCC(c2ccc(F)cc2)c2ccc(F)cc2)CC1)c1ccc(Cl)c(Cl)c1. The van der Waals surface area contributed by atoms with Crippen molar-refractivity contribution in [2.24, 2.45) is 0 Å². The zero-order valence-corrected chi connectivity index (χ0v) is 23.2. The fraction of sp³-hybridized carbons (Fsp3) is 0.400. The van der Waals surface area contributed by atoms with Gasteiger partial charge in [0.15, 0.2) is 0 Å². The molecule has 1 aliphatic rings. The van der Waals surface area contributed by atoms with Crippen LogP contribution in [0, 0.1) is 11.6 Å². The van der Waals surface area contributed by atoms with Crippen LogP contribution < -0.4 is 4.90 Å². The molecule has 0 saturated carbocycles. The molecule has 0 spiro atoms. The number of likely N-dealkylation sites (N-methyl/N-ethyl adjacent to an activating group) is 1. The molecular formula is C30H35Cl2F2N3O. The molecule has 0 bridgehead atoms. The number of nitrogens with zero attached hydrogens (tertiary/aromatic N) is 3. The zero-order valence-electron chi connectivity index (χ0n) is 21.7. The van der Waals surface area contributed by atoms with Gasteiger partial charge in [-0.2, -0.15) is 0 Å². The summed E-state index contributed by atoms with van der Waals surface area (Å²) in [4.78, 5) is 6.75. The number of hydrogen-bond donors (Lipinski definition) is 1. The third-order valence-corrected chi connectivity index (χ3v) is 8.01. The predicted molar refractivity (Wildman–Crippen MR) is 152 cm³/mol. The molecule has 0 amide bonds. The highest BCUT2D eigenvalue weighted by Crippen LogP contribution is 2.30. The van der Waals surface area contributed by atoms with Crippen LogP contribution in [-0.2, 0) is 0 Å². The molecule has 4 nitrogen and oxygen atoms in total. The van der Waals surface area contributed by atoms with Crippen molar-refractivity contribution in [1.29, 1.82) is 0 Å². The Balaban J connectivity index is 1.22. The van der Waals surface area contributed by atoms with Crippen LogP contribution in [0.15, 0.2) is 66.7 Å². The molecule has 1 heterocycles. The third-order valence-electron chi connectivity index (χ3n) is 7.27. The van der Waals surface area contributed by atoms with E-state index in [1.54, 1.807) is 6.07 Å². The zero-order chi connectivity index (χ0) is 27.1. The van der Waals surface area contributed by atoms with Gasteiger partial charge in [0.1, 0.15) is 11.6 Å². The molecule has 204 valence electrons. The summed E-state index contributed by atoms with van der Waals surface area (Å²) in [5.74, 6) is -0.411. The first-order valence-electron chi connectivity index (χ1n) is 13.1. The normalized spacial score (nSPS) is 15.7. The van der Waals surface area contributed by atoms with Gasteiger partial charge in [0.05, 0.1) is 16.1 Å². The maximum absolute atomic E-state index is 13.5. The van der Waals surface area contributed by atoms with Gasteiger partial charge in [-0.15, -0.1) is 0 Å². The van der Waals surface area contributed by atoms with Crippen LogP contribution in [0.2, 0.25) is 10.0 Å². The van der Waals surface area contributed by atoms with Crippen molar-refractivity contribution in [3.05, 3.63) is 99.5 Å². The summed E-state index contributed by atoms with van der Waals surface area (Å²) in [7, 11) is 1.94. The summed E-state index contributed by atoms with van der Waals surface area (Å²) in [5.41, 5.74) is 3.01. The third kappa shape index (κ3) is 8.14. The van der Waals surface area contributed by atoms with E-state index in [1.165, 1.54) is 24.3 Å². The molecule has 1 N–H and O–H groups in total. The minimum absolute atomic E-state index is 0.0974. The first-order chi connectivity index (χ1) is 18.3. The van der Waals surface area contributed by atoms with Crippen LogP contribution in [0.4, 0.5) is 14.5 Å². The molecule has 0 aliphatic carbocycles. The van der Waals surface area contributed by atoms with Gasteiger partial charge in [-0.05, 0) is 73.0 Å². The predicted octanol–water partition coefficient (Wildman–Crippen LogP) is 6.30. The molecule has 1 aliphatic heterocycles. The van der Waals surface area contributed by atoms with E-state index in [0.717, 1.165) is 62.4 Å². The quantitative estimate of drug-likeness (QED) is 0.297. The fourth-order valence-corrected chi connectivity index (χ4v) is 5.42. The van der Waals surface area contributed by atoms with E-state index >= 15 is 0 Å². The van der Waals surface area contributed by atoms with Crippen molar-refractivity contribution >= 4 is 28.9 Å². The molecule has 1 unspecified atom stereocenters. The fourth-order valence-electron chi connectivity index (χ4n) is 5.13. The average Bonchev–Trinajstić information content (AvgIpc) is 2.90. The number of piperazine rings is 1. The second-order valence-corrected chi connectivity index (χ2v) is 10.9. The monoisotopic (exact) mass is 561 g/mol. The lowest BCUT2D eigenvalue weighted by Gasteiger charge is -2.36. The second kappa shape index (κ2) is 13.7. The molecule has 0 radical (unpaired) electrons. The van der Waals surface area contributed by atoms with Gasteiger partial charge in [-0.25, -0.2) is 8.78 Å². The van der Waals surface area contributed by atoms with Crippen LogP contribution in [0.25, 0.3) is 0 Å². The number of rotatable bonds is 11. The molecule has 1 saturated heterocycles. The van der Waals surface area contributed by atoms with Crippen molar-refractivity contribution < 1.29 is 13.9 Å². The lowest BCUT2D eigenvalue weighted by molar-refractivity contribution is 0.0753. The van der Waals surface area contributed by atoms with Crippen LogP contribution >= 0.6 is 23.2 Å². The second-order valence-electron chi connectivity index (χ2n) is 10.1. The molecule has 1 atom stereocenters. The Hall–Kier alpha value is -2.22. The number of hydrogen-bond acceptors (Lipinski definition) is 4. The molecule has 38 heavy (non-hydrogen) atoms. The minimum Gasteiger partial charge on any atom is -0.390 e. The summed E-state index contributed by atoms with van der Waals surface area (Å²) >= 11 is 12.1. The Morgan fingerprint density at radius 3 is 1.92 bits per heavy atom. The average molecular weight is 563 g/mol. The summed E-state index contributed by atoms with van der Waals surface area (Å²) in [6, 6.07) is 18.7. The molecule has 8 heteroatoms. The van der Waals surface area contributed by atoms with E-state index in [1.807, 2.05) is 48.3 Å². The molecule has 1 fully saturated rings. The van der Waals surface area contributed by atoms with E-state index < -0.39 is 6.10 Å². The summed E-state index contributed by atoms with van der Waals surface area (Å²) < 4.78 is 27.0. The lowest BCUT2D eigenvalue weighted by Crippen LogP contribution is -2.50. The van der Waals surface area contributed by atoms with Crippen LogP contribution in [0.3, 0.4) is 0 Å². The number of β-amino-alcohol motifs (C(OH)–C–C–N with tert-alkyl or cyclic N) is 1. The first-order valence-corrected chi connectivity index (χ1v) is 13.8. The summed E-state index contributed by atoms with van der Waals surface area (Å²) in [5, 5.41) is 11.7. The Kier molecular flexibility index (Phi) is 10.4. The Morgan fingerprint density at radius 1 is 0.816 bits per heavy atom. The van der Waals surface area contributed by atoms with Gasteiger partial charge >= 0.3 is 0 Å². The van der Waals surface area contributed by atoms with Gasteiger partial charge < -0.3 is 14.9 Å². The van der Waals surface area contributed by atoms with Crippen molar-refractivity contribution in [2.45, 2.75) is 24.9 Å². The van der Waals surface area contributed by atoms with E-state index in [4.69, 9.17) is 23.2 Å². The van der Waals surface area contributed by atoms with E-state index in [2.05, 4.69) is 9.80 Å². The Labute approximate surface area is 234 Å². The molecule has 3 aromatic carbocycles. The maximum atomic E-state index is 13.5. The highest BCUT2D eigenvalue weighted by atomic mass is 35.5. The van der Waals surface area contributed by atoms with Crippen LogP contribution in [0.5, 0.6) is 0 Å². The van der Waals surface area contributed by atoms with Crippen molar-refractivity contribution in [3.8, 4) is 0 Å². The van der Waals surface area contributed by atoms with Crippen molar-refractivity contribution in [3.63, 3.8) is 0 Å². The first kappa shape index (κ1) is 28.8. The van der Waals surface area contributed by atoms with E-state index in [9.17, 15) is 13.9 Å². The van der Waals surface area contributed by atoms with Gasteiger partial charge in [0.2, 0.25) is 0 Å². The van der Waals surface area contributed by atoms with Gasteiger partial charge in [-0.3, -0.25) is 4.90 Å². The highest BCUT2D eigenvalue weighted by molar-refractivity contribution is 6.42. The number of aliphatic hydroxyl groups is 1. The number of halogens is 4. The Bertz CT molecular complexity index is 1110. The van der Waals surface area contributed by atoms with Gasteiger partial charge in [0.25, 0.3) is 0 Å². The number of aliphatic hydroxyl groups excluding tert-OH is 1. The Morgan fingerprint density at radius 2 is 1.37 bits per heavy atom. The molecule has 0 aromatic heterocycles. The standard InChI is InChI=1S/C30H35Cl2F2N3O/c1-35(26-12-13-29(31)30(32)19-26)20-27(38)21-37-17-15-36(16-18-37)14-2-3-28(22-4-8-24(33)9-5-22)23-6-10-25(34)11-7-23/h4-13,19,27-28,38H,2-3,14-18,20-21H2,1H3. The topological polar surface area (TPSA) is 30.0 Å².